The van der Waals surface area contributed by atoms with Gasteiger partial charge in [0, 0.05) is 23.1 Å². The second-order valence-corrected chi connectivity index (χ2v) is 8.94. The third kappa shape index (κ3) is 5.09. The molecule has 0 aliphatic carbocycles. The molecule has 0 aliphatic heterocycles. The fraction of sp³-hybridized carbons (Fsp3) is 0.667. The van der Waals surface area contributed by atoms with Crippen molar-refractivity contribution in [3.05, 3.63) is 28.8 Å². The predicted molar refractivity (Wildman–Crippen MR) is 98.5 cm³/mol. The first-order valence-electron chi connectivity index (χ1n) is 8.79. The van der Waals surface area contributed by atoms with E-state index >= 15 is 0 Å². The van der Waals surface area contributed by atoms with Crippen molar-refractivity contribution in [3.8, 4) is 5.75 Å². The molecule has 1 N–H and O–H groups in total. The summed E-state index contributed by atoms with van der Waals surface area (Å²) in [6.07, 6.45) is 2.75. The highest BCUT2D eigenvalue weighted by Gasteiger charge is 2.27. The minimum Gasteiger partial charge on any atom is -0.507 e. The second kappa shape index (κ2) is 7.07. The van der Waals surface area contributed by atoms with Gasteiger partial charge in [0.15, 0.2) is 5.78 Å². The molecule has 1 aromatic carbocycles. The molecule has 0 aromatic heterocycles. The van der Waals surface area contributed by atoms with E-state index in [-0.39, 0.29) is 16.6 Å². The minimum absolute atomic E-state index is 0.182. The van der Waals surface area contributed by atoms with Crippen LogP contribution < -0.4 is 0 Å². The molecule has 1 unspecified atom stereocenters. The van der Waals surface area contributed by atoms with Crippen molar-refractivity contribution in [1.29, 1.82) is 0 Å². The molecular weight excluding hydrogens is 284 g/mol. The summed E-state index contributed by atoms with van der Waals surface area (Å²) in [5.41, 5.74) is 2.05. The van der Waals surface area contributed by atoms with Gasteiger partial charge in [-0.15, -0.1) is 0 Å². The molecular formula is C21H34O2. The van der Waals surface area contributed by atoms with E-state index in [1.807, 2.05) is 12.1 Å². The Labute approximate surface area is 142 Å². The van der Waals surface area contributed by atoms with Gasteiger partial charge in [-0.05, 0) is 28.9 Å². The van der Waals surface area contributed by atoms with E-state index in [2.05, 4.69) is 55.4 Å². The van der Waals surface area contributed by atoms with Gasteiger partial charge >= 0.3 is 0 Å². The van der Waals surface area contributed by atoms with Gasteiger partial charge in [0.05, 0.1) is 0 Å². The summed E-state index contributed by atoms with van der Waals surface area (Å²) < 4.78 is 0. The number of rotatable bonds is 5. The van der Waals surface area contributed by atoms with Crippen LogP contribution in [0.3, 0.4) is 0 Å². The Morgan fingerprint density at radius 1 is 1.04 bits per heavy atom. The summed E-state index contributed by atoms with van der Waals surface area (Å²) in [6, 6.07) is 3.79. The molecule has 1 atom stereocenters. The number of hydrogen-bond donors (Lipinski definition) is 1. The molecule has 0 amide bonds. The van der Waals surface area contributed by atoms with Gasteiger partial charge < -0.3 is 5.11 Å². The Balaban J connectivity index is 3.36. The zero-order valence-corrected chi connectivity index (χ0v) is 16.2. The van der Waals surface area contributed by atoms with Gasteiger partial charge in [0.2, 0.25) is 0 Å². The molecule has 0 radical (unpaired) electrons. The average Bonchev–Trinajstić information content (AvgIpc) is 2.36. The SMILES string of the molecule is CCCC(C)CC(=O)c1cc(C(C)(C)C)c(O)c(C(C)(C)C)c1. The van der Waals surface area contributed by atoms with Crippen LogP contribution in [0.1, 0.15) is 96.1 Å². The van der Waals surface area contributed by atoms with E-state index in [9.17, 15) is 9.90 Å². The Hall–Kier alpha value is -1.31. The predicted octanol–water partition coefficient (Wildman–Crippen LogP) is 6.00. The summed E-state index contributed by atoms with van der Waals surface area (Å²) in [5, 5.41) is 10.7. The molecule has 2 nitrogen and oxygen atoms in total. The molecule has 0 bridgehead atoms. The van der Waals surface area contributed by atoms with Crippen LogP contribution in [-0.2, 0) is 10.8 Å². The topological polar surface area (TPSA) is 37.3 Å². The van der Waals surface area contributed by atoms with Crippen LogP contribution in [0.2, 0.25) is 0 Å². The minimum atomic E-state index is -0.199. The number of carbonyl (C=O) groups excluding carboxylic acids is 1. The van der Waals surface area contributed by atoms with Gasteiger partial charge in [-0.25, -0.2) is 0 Å². The normalized spacial score (nSPS) is 13.9. The van der Waals surface area contributed by atoms with E-state index in [0.29, 0.717) is 18.1 Å². The third-order valence-corrected chi connectivity index (χ3v) is 4.36. The molecule has 1 aromatic rings. The first-order valence-corrected chi connectivity index (χ1v) is 8.79. The number of phenols is 1. The quantitative estimate of drug-likeness (QED) is 0.676. The van der Waals surface area contributed by atoms with Crippen molar-refractivity contribution in [2.24, 2.45) is 5.92 Å². The molecule has 23 heavy (non-hydrogen) atoms. The van der Waals surface area contributed by atoms with Crippen LogP contribution in [0.5, 0.6) is 5.75 Å². The molecule has 130 valence electrons. The van der Waals surface area contributed by atoms with Crippen molar-refractivity contribution in [1.82, 2.24) is 0 Å². The Morgan fingerprint density at radius 2 is 1.48 bits per heavy atom. The fourth-order valence-corrected chi connectivity index (χ4v) is 2.97. The van der Waals surface area contributed by atoms with Crippen molar-refractivity contribution < 1.29 is 9.90 Å². The second-order valence-electron chi connectivity index (χ2n) is 8.94. The van der Waals surface area contributed by atoms with Crippen molar-refractivity contribution in [3.63, 3.8) is 0 Å². The lowest BCUT2D eigenvalue weighted by molar-refractivity contribution is 0.0962. The maximum Gasteiger partial charge on any atom is 0.163 e. The van der Waals surface area contributed by atoms with E-state index in [1.165, 1.54) is 0 Å². The van der Waals surface area contributed by atoms with Crippen molar-refractivity contribution in [2.75, 3.05) is 0 Å². The maximum absolute atomic E-state index is 12.7. The van der Waals surface area contributed by atoms with Crippen LogP contribution in [-0.4, -0.2) is 10.9 Å². The van der Waals surface area contributed by atoms with Crippen LogP contribution in [0.15, 0.2) is 12.1 Å². The van der Waals surface area contributed by atoms with Gasteiger partial charge in [-0.3, -0.25) is 4.79 Å². The number of Topliss-reactive ketones (excluding diaryl/α,β-unsaturated/α-hetero) is 1. The number of ketones is 1. The number of hydrogen-bond acceptors (Lipinski definition) is 2. The van der Waals surface area contributed by atoms with Crippen LogP contribution in [0, 0.1) is 5.92 Å². The molecule has 0 fully saturated rings. The fourth-order valence-electron chi connectivity index (χ4n) is 2.97. The van der Waals surface area contributed by atoms with Crippen LogP contribution in [0.25, 0.3) is 0 Å². The molecule has 0 aliphatic rings. The highest BCUT2D eigenvalue weighted by molar-refractivity contribution is 5.97. The zero-order valence-electron chi connectivity index (χ0n) is 16.2. The van der Waals surface area contributed by atoms with Crippen molar-refractivity contribution >= 4 is 5.78 Å². The lowest BCUT2D eigenvalue weighted by Gasteiger charge is -2.28. The molecule has 2 heteroatoms. The summed E-state index contributed by atoms with van der Waals surface area (Å²) in [6.45, 7) is 16.7. The standard InChI is InChI=1S/C21H34O2/c1-9-10-14(2)11-18(22)15-12-16(20(3,4)5)19(23)17(13-15)21(6,7)8/h12-14,23H,9-11H2,1-8H3. The summed E-state index contributed by atoms with van der Waals surface area (Å²) in [5.74, 6) is 0.919. The number of benzene rings is 1. The molecule has 1 rings (SSSR count). The van der Waals surface area contributed by atoms with E-state index in [0.717, 1.165) is 29.5 Å². The van der Waals surface area contributed by atoms with E-state index in [1.54, 1.807) is 0 Å². The van der Waals surface area contributed by atoms with Gasteiger partial charge in [0.1, 0.15) is 5.75 Å². The molecule has 0 spiro atoms. The third-order valence-electron chi connectivity index (χ3n) is 4.36. The summed E-state index contributed by atoms with van der Waals surface area (Å²) >= 11 is 0. The first-order chi connectivity index (χ1) is 10.4. The van der Waals surface area contributed by atoms with Crippen molar-refractivity contribution in [2.45, 2.75) is 85.5 Å². The van der Waals surface area contributed by atoms with Crippen LogP contribution in [0.4, 0.5) is 0 Å². The summed E-state index contributed by atoms with van der Waals surface area (Å²) in [7, 11) is 0. The van der Waals surface area contributed by atoms with Gasteiger partial charge in [-0.1, -0.05) is 68.2 Å². The lowest BCUT2D eigenvalue weighted by atomic mass is 9.77. The highest BCUT2D eigenvalue weighted by atomic mass is 16.3. The van der Waals surface area contributed by atoms with E-state index in [4.69, 9.17) is 0 Å². The maximum atomic E-state index is 12.7. The largest absolute Gasteiger partial charge is 0.507 e. The Bertz CT molecular complexity index is 521. The number of aromatic hydroxyl groups is 1. The molecule has 0 saturated heterocycles. The molecule has 0 saturated carbocycles. The summed E-state index contributed by atoms with van der Waals surface area (Å²) in [4.78, 5) is 12.7. The van der Waals surface area contributed by atoms with Gasteiger partial charge in [-0.2, -0.15) is 0 Å². The monoisotopic (exact) mass is 318 g/mol. The zero-order chi connectivity index (χ0) is 18.0. The Kier molecular flexibility index (Phi) is 6.06. The number of carbonyl (C=O) groups is 1. The average molecular weight is 319 g/mol. The molecule has 0 heterocycles. The highest BCUT2D eigenvalue weighted by Crippen LogP contribution is 2.40. The Morgan fingerprint density at radius 3 is 1.83 bits per heavy atom. The lowest BCUT2D eigenvalue weighted by Crippen LogP contribution is -2.19. The van der Waals surface area contributed by atoms with Gasteiger partial charge in [0.25, 0.3) is 0 Å². The first kappa shape index (κ1) is 19.7. The number of phenolic OH excluding ortho intramolecular Hbond substituents is 1. The van der Waals surface area contributed by atoms with Crippen LogP contribution >= 0.6 is 0 Å². The van der Waals surface area contributed by atoms with E-state index < -0.39 is 0 Å². The smallest absolute Gasteiger partial charge is 0.163 e.